The van der Waals surface area contributed by atoms with E-state index in [1.54, 1.807) is 12.1 Å². The van der Waals surface area contributed by atoms with Crippen LogP contribution >= 0.6 is 0 Å². The number of fused-ring (bicyclic) bond motifs is 1. The molecule has 0 fully saturated rings. The number of nitrogens with one attached hydrogen (secondary N) is 2. The van der Waals surface area contributed by atoms with Gasteiger partial charge in [-0.15, -0.1) is 5.10 Å². The number of aromatic nitrogens is 4. The molecule has 0 aromatic carbocycles. The van der Waals surface area contributed by atoms with E-state index in [4.69, 9.17) is 11.1 Å². The maximum atomic E-state index is 11.3. The van der Waals surface area contributed by atoms with Crippen LogP contribution in [0.1, 0.15) is 6.42 Å². The zero-order valence-electron chi connectivity index (χ0n) is 9.34. The fraction of sp³-hybridized carbons (Fsp3) is 0.333. The van der Waals surface area contributed by atoms with Crippen LogP contribution in [0.5, 0.6) is 0 Å². The van der Waals surface area contributed by atoms with E-state index >= 15 is 0 Å². The molecule has 0 aliphatic carbocycles. The Morgan fingerprint density at radius 1 is 1.65 bits per heavy atom. The smallest absolute Gasteiger partial charge is 0.364 e. The van der Waals surface area contributed by atoms with Crippen LogP contribution in [0.25, 0.3) is 5.65 Å². The molecule has 0 saturated heterocycles. The molecule has 0 radical (unpaired) electrons. The molecular formula is C9H13N7O. The molecule has 0 bridgehead atoms. The number of amidine groups is 1. The fourth-order valence-electron chi connectivity index (χ4n) is 1.40. The zero-order valence-corrected chi connectivity index (χ0v) is 9.34. The van der Waals surface area contributed by atoms with Crippen LogP contribution in [0.4, 0.5) is 5.82 Å². The molecule has 4 N–H and O–H groups in total. The predicted molar refractivity (Wildman–Crippen MR) is 63.4 cm³/mol. The predicted octanol–water partition coefficient (Wildman–Crippen LogP) is -0.820. The maximum Gasteiger partial charge on any atom is 0.364 e. The van der Waals surface area contributed by atoms with Crippen molar-refractivity contribution in [3.05, 3.63) is 22.6 Å². The van der Waals surface area contributed by atoms with Gasteiger partial charge in [0.2, 0.25) is 0 Å². The Bertz CT molecular complexity index is 599. The van der Waals surface area contributed by atoms with Gasteiger partial charge in [0.15, 0.2) is 5.65 Å². The highest BCUT2D eigenvalue weighted by Crippen LogP contribution is 2.08. The highest BCUT2D eigenvalue weighted by atomic mass is 16.2. The van der Waals surface area contributed by atoms with E-state index in [9.17, 15) is 4.79 Å². The standard InChI is InChI=1S/C9H13N7O/c1-15(5-4-6(10)11)8-3-2-7-12-13-9(17)16(7)14-8/h2-3H,4-5H2,1H3,(H3,10,11)(H,13,17). The molecule has 2 rings (SSSR count). The molecule has 0 unspecified atom stereocenters. The molecule has 8 nitrogen and oxygen atoms in total. The van der Waals surface area contributed by atoms with Gasteiger partial charge in [0, 0.05) is 20.0 Å². The van der Waals surface area contributed by atoms with E-state index in [0.29, 0.717) is 24.4 Å². The first-order valence-electron chi connectivity index (χ1n) is 5.06. The lowest BCUT2D eigenvalue weighted by atomic mass is 10.3. The Morgan fingerprint density at radius 2 is 2.41 bits per heavy atom. The van der Waals surface area contributed by atoms with E-state index in [2.05, 4.69) is 15.3 Å². The Hall–Kier alpha value is -2.38. The van der Waals surface area contributed by atoms with E-state index in [-0.39, 0.29) is 11.5 Å². The minimum atomic E-state index is -0.373. The second kappa shape index (κ2) is 4.24. The minimum absolute atomic E-state index is 0.124. The quantitative estimate of drug-likeness (QED) is 0.473. The number of nitrogens with two attached hydrogens (primary N) is 1. The largest absolute Gasteiger partial charge is 0.388 e. The third kappa shape index (κ3) is 2.25. The lowest BCUT2D eigenvalue weighted by Crippen LogP contribution is -2.25. The highest BCUT2D eigenvalue weighted by molar-refractivity contribution is 5.77. The van der Waals surface area contributed by atoms with Crippen molar-refractivity contribution in [1.29, 1.82) is 5.41 Å². The van der Waals surface area contributed by atoms with Gasteiger partial charge in [-0.3, -0.25) is 5.41 Å². The van der Waals surface area contributed by atoms with Gasteiger partial charge < -0.3 is 10.6 Å². The Morgan fingerprint density at radius 3 is 3.12 bits per heavy atom. The summed E-state index contributed by atoms with van der Waals surface area (Å²) in [6.07, 6.45) is 0.455. The summed E-state index contributed by atoms with van der Waals surface area (Å²) >= 11 is 0. The molecule has 0 atom stereocenters. The molecular weight excluding hydrogens is 222 g/mol. The van der Waals surface area contributed by atoms with E-state index < -0.39 is 0 Å². The summed E-state index contributed by atoms with van der Waals surface area (Å²) in [5.41, 5.74) is 5.38. The molecule has 90 valence electrons. The SMILES string of the molecule is CN(CCC(=N)N)c1ccc2n[nH]c(=O)n2n1. The van der Waals surface area contributed by atoms with Crippen molar-refractivity contribution in [2.75, 3.05) is 18.5 Å². The zero-order chi connectivity index (χ0) is 12.4. The monoisotopic (exact) mass is 235 g/mol. The van der Waals surface area contributed by atoms with Gasteiger partial charge in [-0.25, -0.2) is 9.89 Å². The van der Waals surface area contributed by atoms with Crippen molar-refractivity contribution < 1.29 is 0 Å². The van der Waals surface area contributed by atoms with Crippen molar-refractivity contribution >= 4 is 17.3 Å². The van der Waals surface area contributed by atoms with Crippen LogP contribution in [0.15, 0.2) is 16.9 Å². The lowest BCUT2D eigenvalue weighted by molar-refractivity contribution is 0.821. The molecule has 17 heavy (non-hydrogen) atoms. The lowest BCUT2D eigenvalue weighted by Gasteiger charge is -2.16. The van der Waals surface area contributed by atoms with Crippen LogP contribution in [0.2, 0.25) is 0 Å². The first-order valence-corrected chi connectivity index (χ1v) is 5.06. The number of hydrogen-bond acceptors (Lipinski definition) is 5. The van der Waals surface area contributed by atoms with Gasteiger partial charge >= 0.3 is 5.69 Å². The Labute approximate surface area is 96.6 Å². The second-order valence-electron chi connectivity index (χ2n) is 3.69. The molecule has 2 heterocycles. The van der Waals surface area contributed by atoms with Crippen molar-refractivity contribution in [3.8, 4) is 0 Å². The number of nitrogens with zero attached hydrogens (tertiary/aromatic N) is 4. The molecule has 0 aliphatic heterocycles. The summed E-state index contributed by atoms with van der Waals surface area (Å²) in [7, 11) is 1.82. The maximum absolute atomic E-state index is 11.3. The summed E-state index contributed by atoms with van der Waals surface area (Å²) in [4.78, 5) is 13.1. The number of hydrogen-bond donors (Lipinski definition) is 3. The molecule has 8 heteroatoms. The number of rotatable bonds is 4. The van der Waals surface area contributed by atoms with Gasteiger partial charge in [0.1, 0.15) is 5.82 Å². The Kier molecular flexibility index (Phi) is 2.77. The molecule has 2 aromatic heterocycles. The van der Waals surface area contributed by atoms with Crippen LogP contribution in [-0.4, -0.2) is 39.2 Å². The summed E-state index contributed by atoms with van der Waals surface area (Å²) in [6, 6.07) is 3.46. The topological polar surface area (TPSA) is 116 Å². The van der Waals surface area contributed by atoms with Crippen molar-refractivity contribution in [2.45, 2.75) is 6.42 Å². The molecule has 2 aromatic rings. The van der Waals surface area contributed by atoms with E-state index in [1.165, 1.54) is 4.52 Å². The van der Waals surface area contributed by atoms with Gasteiger partial charge in [-0.1, -0.05) is 0 Å². The van der Waals surface area contributed by atoms with Gasteiger partial charge in [0.25, 0.3) is 0 Å². The van der Waals surface area contributed by atoms with Crippen molar-refractivity contribution in [2.24, 2.45) is 5.73 Å². The average molecular weight is 235 g/mol. The summed E-state index contributed by atoms with van der Waals surface area (Å²) in [6.45, 7) is 0.570. The Balaban J connectivity index is 2.26. The molecule has 0 spiro atoms. The van der Waals surface area contributed by atoms with Crippen LogP contribution < -0.4 is 16.3 Å². The van der Waals surface area contributed by atoms with Gasteiger partial charge in [0.05, 0.1) is 5.84 Å². The third-order valence-electron chi connectivity index (χ3n) is 2.37. The number of aromatic amines is 1. The first-order chi connectivity index (χ1) is 8.08. The highest BCUT2D eigenvalue weighted by Gasteiger charge is 2.06. The van der Waals surface area contributed by atoms with Gasteiger partial charge in [-0.2, -0.15) is 9.61 Å². The normalized spacial score (nSPS) is 10.6. The van der Waals surface area contributed by atoms with Crippen molar-refractivity contribution in [3.63, 3.8) is 0 Å². The van der Waals surface area contributed by atoms with Gasteiger partial charge in [-0.05, 0) is 12.1 Å². The number of anilines is 1. The third-order valence-corrected chi connectivity index (χ3v) is 2.37. The van der Waals surface area contributed by atoms with E-state index in [1.807, 2.05) is 11.9 Å². The number of H-pyrrole nitrogens is 1. The van der Waals surface area contributed by atoms with E-state index in [0.717, 1.165) is 0 Å². The van der Waals surface area contributed by atoms with Crippen LogP contribution in [0.3, 0.4) is 0 Å². The first kappa shape index (κ1) is 11.1. The van der Waals surface area contributed by atoms with Crippen molar-refractivity contribution in [1.82, 2.24) is 19.8 Å². The van der Waals surface area contributed by atoms with Crippen LogP contribution in [0, 0.1) is 5.41 Å². The summed E-state index contributed by atoms with van der Waals surface area (Å²) in [5, 5.41) is 17.4. The second-order valence-corrected chi connectivity index (χ2v) is 3.69. The average Bonchev–Trinajstić information content (AvgIpc) is 2.67. The summed E-state index contributed by atoms with van der Waals surface area (Å²) < 4.78 is 1.19. The van der Waals surface area contributed by atoms with Crippen LogP contribution in [-0.2, 0) is 0 Å². The molecule has 0 saturated carbocycles. The summed E-state index contributed by atoms with van der Waals surface area (Å²) in [5.74, 6) is 0.751. The molecule has 0 amide bonds. The minimum Gasteiger partial charge on any atom is -0.388 e. The fourth-order valence-corrected chi connectivity index (χ4v) is 1.40. The molecule has 0 aliphatic rings.